The lowest BCUT2D eigenvalue weighted by atomic mass is 10.1. The first kappa shape index (κ1) is 22.0. The van der Waals surface area contributed by atoms with Gasteiger partial charge >= 0.3 is 11.9 Å². The van der Waals surface area contributed by atoms with E-state index in [9.17, 15) is 14.4 Å². The molecule has 2 rings (SSSR count). The van der Waals surface area contributed by atoms with Crippen LogP contribution in [0.15, 0.2) is 0 Å². The van der Waals surface area contributed by atoms with Gasteiger partial charge in [0.1, 0.15) is 5.02 Å². The number of nitrogens with zero attached hydrogens (tertiary/aromatic N) is 1. The van der Waals surface area contributed by atoms with Crippen molar-refractivity contribution in [1.82, 2.24) is 9.97 Å². The lowest BCUT2D eigenvalue weighted by molar-refractivity contribution is 0.0466. The third-order valence-electron chi connectivity index (χ3n) is 3.80. The second-order valence-corrected chi connectivity index (χ2v) is 6.75. The molecule has 3 N–H and O–H groups in total. The number of hydrogen-bond donors (Lipinski definition) is 2. The number of ether oxygens (including phenoxy) is 2. The number of carbonyl (C=O) groups excluding carboxylic acids is 3. The zero-order chi connectivity index (χ0) is 21.2. The summed E-state index contributed by atoms with van der Waals surface area (Å²) in [6.07, 6.45) is 0. The number of hydrogen-bond acceptors (Lipinski definition) is 7. The van der Waals surface area contributed by atoms with Gasteiger partial charge in [-0.05, 0) is 26.3 Å². The van der Waals surface area contributed by atoms with Gasteiger partial charge in [0.25, 0.3) is 0 Å². The summed E-state index contributed by atoms with van der Waals surface area (Å²) < 4.78 is 9.93. The third-order valence-corrected chi connectivity index (χ3v) is 4.93. The summed E-state index contributed by atoms with van der Waals surface area (Å²) >= 11 is 17.5. The molecule has 0 aliphatic carbocycles. The Kier molecular flexibility index (Phi) is 6.92. The van der Waals surface area contributed by atoms with Crippen molar-refractivity contribution < 1.29 is 23.9 Å². The number of nitrogens with one attached hydrogen (secondary N) is 1. The maximum absolute atomic E-state index is 12.4. The number of nitrogens with two attached hydrogens (primary N) is 1. The number of ketones is 1. The summed E-state index contributed by atoms with van der Waals surface area (Å²) in [7, 11) is 0. The third kappa shape index (κ3) is 4.24. The minimum atomic E-state index is -1.00. The number of carbonyl (C=O) groups is 3. The summed E-state index contributed by atoms with van der Waals surface area (Å²) in [4.78, 5) is 43.2. The Morgan fingerprint density at radius 1 is 1.07 bits per heavy atom. The Morgan fingerprint density at radius 2 is 1.71 bits per heavy atom. The van der Waals surface area contributed by atoms with Crippen molar-refractivity contribution in [2.24, 2.45) is 0 Å². The number of pyridine rings is 1. The normalized spacial score (nSPS) is 10.6. The zero-order valence-electron chi connectivity index (χ0n) is 15.1. The molecule has 0 atom stereocenters. The predicted molar refractivity (Wildman–Crippen MR) is 105 cm³/mol. The molecule has 0 aliphatic heterocycles. The molecule has 28 heavy (non-hydrogen) atoms. The van der Waals surface area contributed by atoms with Crippen molar-refractivity contribution in [2.75, 3.05) is 18.9 Å². The summed E-state index contributed by atoms with van der Waals surface area (Å²) in [6.45, 7) is 4.47. The molecule has 0 bridgehead atoms. The average Bonchev–Trinajstić information content (AvgIpc) is 2.95. The summed E-state index contributed by atoms with van der Waals surface area (Å²) in [5.74, 6) is -2.11. The Hall–Kier alpha value is -2.29. The van der Waals surface area contributed by atoms with Crippen LogP contribution < -0.4 is 5.73 Å². The fourth-order valence-corrected chi connectivity index (χ4v) is 3.06. The first-order chi connectivity index (χ1) is 13.1. The first-order valence-electron chi connectivity index (χ1n) is 7.96. The van der Waals surface area contributed by atoms with E-state index in [2.05, 4.69) is 9.97 Å². The van der Waals surface area contributed by atoms with Gasteiger partial charge in [0.05, 0.1) is 28.6 Å². The van der Waals surface area contributed by atoms with E-state index in [0.29, 0.717) is 11.3 Å². The van der Waals surface area contributed by atoms with Crippen LogP contribution in [0.3, 0.4) is 0 Å². The van der Waals surface area contributed by atoms with Crippen LogP contribution in [0.25, 0.3) is 0 Å². The van der Waals surface area contributed by atoms with Crippen LogP contribution in [0.1, 0.15) is 49.5 Å². The minimum absolute atomic E-state index is 0.0942. The number of aryl methyl sites for hydroxylation is 1. The molecule has 2 aromatic rings. The standard InChI is InChI=1S/C17H16Cl3N3O5/c1-4-27-16(25)9-6(2)13(22-7(9)3)8(24)5-28-17(26)14-10(18)12(21)11(19)15(20)23-14/h22H,4-5H2,1-3H3,(H2,21,23). The van der Waals surface area contributed by atoms with Crippen LogP contribution in [-0.2, 0) is 9.47 Å². The molecule has 0 spiro atoms. The molecular weight excluding hydrogens is 433 g/mol. The fraction of sp³-hybridized carbons (Fsp3) is 0.294. The van der Waals surface area contributed by atoms with Gasteiger partial charge < -0.3 is 20.2 Å². The summed E-state index contributed by atoms with van der Waals surface area (Å²) in [6, 6.07) is 0. The predicted octanol–water partition coefficient (Wildman–Crippen LogP) is 3.79. The fourth-order valence-electron chi connectivity index (χ4n) is 2.48. The number of esters is 2. The van der Waals surface area contributed by atoms with E-state index >= 15 is 0 Å². The second kappa shape index (κ2) is 8.81. The van der Waals surface area contributed by atoms with E-state index in [0.717, 1.165) is 0 Å². The maximum atomic E-state index is 12.4. The van der Waals surface area contributed by atoms with Gasteiger partial charge in [0, 0.05) is 5.69 Å². The van der Waals surface area contributed by atoms with Crippen LogP contribution in [0.5, 0.6) is 0 Å². The van der Waals surface area contributed by atoms with Gasteiger partial charge in [-0.25, -0.2) is 14.6 Å². The molecule has 11 heteroatoms. The van der Waals surface area contributed by atoms with Gasteiger partial charge in [-0.2, -0.15) is 0 Å². The van der Waals surface area contributed by atoms with Crippen LogP contribution in [0.4, 0.5) is 5.69 Å². The van der Waals surface area contributed by atoms with Crippen molar-refractivity contribution in [3.63, 3.8) is 0 Å². The van der Waals surface area contributed by atoms with Gasteiger partial charge in [-0.15, -0.1) is 0 Å². The van der Waals surface area contributed by atoms with E-state index in [1.54, 1.807) is 20.8 Å². The topological polar surface area (TPSA) is 124 Å². The number of nitrogen functional groups attached to an aromatic ring is 1. The Morgan fingerprint density at radius 3 is 2.32 bits per heavy atom. The molecule has 2 aromatic heterocycles. The van der Waals surface area contributed by atoms with Crippen molar-refractivity contribution in [3.05, 3.63) is 43.4 Å². The quantitative estimate of drug-likeness (QED) is 0.391. The maximum Gasteiger partial charge on any atom is 0.359 e. The first-order valence-corrected chi connectivity index (χ1v) is 9.10. The lowest BCUT2D eigenvalue weighted by Gasteiger charge is -2.09. The number of Topliss-reactive ketones (excluding diaryl/α,β-unsaturated/α-hetero) is 1. The number of aromatic nitrogens is 2. The van der Waals surface area contributed by atoms with E-state index < -0.39 is 24.3 Å². The van der Waals surface area contributed by atoms with E-state index in [1.165, 1.54) is 0 Å². The highest BCUT2D eigenvalue weighted by molar-refractivity contribution is 6.46. The molecule has 8 nitrogen and oxygen atoms in total. The zero-order valence-corrected chi connectivity index (χ0v) is 17.4. The molecular formula is C17H16Cl3N3O5. The van der Waals surface area contributed by atoms with Crippen molar-refractivity contribution >= 4 is 58.2 Å². The molecule has 0 aliphatic rings. The van der Waals surface area contributed by atoms with E-state index in [1.807, 2.05) is 0 Å². The van der Waals surface area contributed by atoms with Crippen molar-refractivity contribution in [1.29, 1.82) is 0 Å². The van der Waals surface area contributed by atoms with Crippen molar-refractivity contribution in [2.45, 2.75) is 20.8 Å². The number of H-pyrrole nitrogens is 1. The molecule has 0 amide bonds. The number of aromatic amines is 1. The van der Waals surface area contributed by atoms with Gasteiger partial charge in [0.2, 0.25) is 5.78 Å². The van der Waals surface area contributed by atoms with Crippen LogP contribution in [-0.4, -0.2) is 40.9 Å². The number of rotatable bonds is 6. The average molecular weight is 449 g/mol. The Labute approximate surface area is 175 Å². The second-order valence-electron chi connectivity index (χ2n) is 5.64. The molecule has 150 valence electrons. The molecule has 0 saturated carbocycles. The number of halogens is 3. The minimum Gasteiger partial charge on any atom is -0.462 e. The number of anilines is 1. The van der Waals surface area contributed by atoms with Crippen LogP contribution in [0, 0.1) is 13.8 Å². The summed E-state index contributed by atoms with van der Waals surface area (Å²) in [5.41, 5.74) is 6.40. The molecule has 0 unspecified atom stereocenters. The molecule has 2 heterocycles. The van der Waals surface area contributed by atoms with Gasteiger partial charge in [-0.3, -0.25) is 4.79 Å². The molecule has 0 saturated heterocycles. The highest BCUT2D eigenvalue weighted by Crippen LogP contribution is 2.34. The SMILES string of the molecule is CCOC(=O)c1c(C)[nH]c(C(=O)COC(=O)c2nc(Cl)c(Cl)c(N)c2Cl)c1C. The van der Waals surface area contributed by atoms with E-state index in [4.69, 9.17) is 50.0 Å². The largest absolute Gasteiger partial charge is 0.462 e. The van der Waals surface area contributed by atoms with E-state index in [-0.39, 0.29) is 44.4 Å². The van der Waals surface area contributed by atoms with Gasteiger partial charge in [0.15, 0.2) is 17.5 Å². The molecule has 0 aromatic carbocycles. The summed E-state index contributed by atoms with van der Waals surface area (Å²) in [5, 5.41) is -0.552. The monoisotopic (exact) mass is 447 g/mol. The smallest absolute Gasteiger partial charge is 0.359 e. The van der Waals surface area contributed by atoms with Crippen molar-refractivity contribution in [3.8, 4) is 0 Å². The highest BCUT2D eigenvalue weighted by Gasteiger charge is 2.25. The van der Waals surface area contributed by atoms with Gasteiger partial charge in [-0.1, -0.05) is 34.8 Å². The van der Waals surface area contributed by atoms with Crippen LogP contribution >= 0.6 is 34.8 Å². The van der Waals surface area contributed by atoms with Crippen LogP contribution in [0.2, 0.25) is 15.2 Å². The highest BCUT2D eigenvalue weighted by atomic mass is 35.5. The molecule has 0 fully saturated rings. The Balaban J connectivity index is 2.18. The lowest BCUT2D eigenvalue weighted by Crippen LogP contribution is -2.17. The Bertz CT molecular complexity index is 972. The molecule has 0 radical (unpaired) electrons.